The zero-order chi connectivity index (χ0) is 17.3. The van der Waals surface area contributed by atoms with Crippen molar-refractivity contribution in [1.82, 2.24) is 0 Å². The highest BCUT2D eigenvalue weighted by Gasteiger charge is 2.36. The predicted octanol–water partition coefficient (Wildman–Crippen LogP) is 3.27. The molecule has 3 rings (SSSR count). The normalized spacial score (nSPS) is 13.2. The van der Waals surface area contributed by atoms with Crippen LogP contribution in [0.4, 0.5) is 5.69 Å². The van der Waals surface area contributed by atoms with E-state index in [4.69, 9.17) is 27.9 Å². The number of hydrogen-bond acceptors (Lipinski definition) is 4. The first-order valence-electron chi connectivity index (χ1n) is 7.03. The van der Waals surface area contributed by atoms with Gasteiger partial charge >= 0.3 is 5.97 Å². The highest BCUT2D eigenvalue weighted by atomic mass is 35.5. The Labute approximate surface area is 147 Å². The molecule has 1 aliphatic rings. The number of fused-ring (bicyclic) bond motifs is 1. The van der Waals surface area contributed by atoms with Crippen molar-refractivity contribution in [3.8, 4) is 0 Å². The fraction of sp³-hybridized carbons (Fsp3) is 0.118. The molecule has 0 bridgehead atoms. The van der Waals surface area contributed by atoms with Crippen LogP contribution in [0.5, 0.6) is 0 Å². The van der Waals surface area contributed by atoms with Gasteiger partial charge in [-0.3, -0.25) is 19.3 Å². The van der Waals surface area contributed by atoms with Crippen molar-refractivity contribution in [1.29, 1.82) is 0 Å². The van der Waals surface area contributed by atoms with Gasteiger partial charge in [0.25, 0.3) is 11.7 Å². The van der Waals surface area contributed by atoms with Crippen molar-refractivity contribution in [2.75, 3.05) is 11.4 Å². The van der Waals surface area contributed by atoms with E-state index in [-0.39, 0.29) is 18.7 Å². The lowest BCUT2D eigenvalue weighted by Gasteiger charge is -2.16. The number of carbonyl (C=O) groups excluding carboxylic acids is 3. The standard InChI is InChI=1S/C17H11Cl2NO4/c18-12-5-3-6-13(19)11(12)9-24-15(21)8-20-14-7-2-1-4-10(14)16(22)17(20)23/h1-7H,8-9H2. The molecule has 122 valence electrons. The monoisotopic (exact) mass is 363 g/mol. The Hall–Kier alpha value is -2.37. The fourth-order valence-electron chi connectivity index (χ4n) is 2.40. The van der Waals surface area contributed by atoms with E-state index in [1.165, 1.54) is 0 Å². The summed E-state index contributed by atoms with van der Waals surface area (Å²) in [6.45, 7) is -0.474. The minimum atomic E-state index is -0.746. The van der Waals surface area contributed by atoms with Crippen LogP contribution in [0, 0.1) is 0 Å². The lowest BCUT2D eigenvalue weighted by atomic mass is 10.1. The molecular formula is C17H11Cl2NO4. The van der Waals surface area contributed by atoms with E-state index >= 15 is 0 Å². The molecule has 0 aromatic heterocycles. The second-order valence-corrected chi connectivity index (χ2v) is 5.91. The summed E-state index contributed by atoms with van der Waals surface area (Å²) in [6.07, 6.45) is 0. The molecule has 5 nitrogen and oxygen atoms in total. The van der Waals surface area contributed by atoms with Gasteiger partial charge in [-0.05, 0) is 24.3 Å². The van der Waals surface area contributed by atoms with Gasteiger partial charge in [-0.25, -0.2) is 0 Å². The van der Waals surface area contributed by atoms with Crippen LogP contribution >= 0.6 is 23.2 Å². The van der Waals surface area contributed by atoms with Gasteiger partial charge in [-0.2, -0.15) is 0 Å². The summed E-state index contributed by atoms with van der Waals surface area (Å²) < 4.78 is 5.14. The third-order valence-electron chi connectivity index (χ3n) is 3.61. The van der Waals surface area contributed by atoms with Crippen LogP contribution in [-0.4, -0.2) is 24.2 Å². The van der Waals surface area contributed by atoms with Gasteiger partial charge in [0.15, 0.2) is 0 Å². The van der Waals surface area contributed by atoms with Crippen molar-refractivity contribution >= 4 is 46.5 Å². The number of halogens is 2. The SMILES string of the molecule is O=C(CN1C(=O)C(=O)c2ccccc21)OCc1c(Cl)cccc1Cl. The molecule has 2 aromatic carbocycles. The summed E-state index contributed by atoms with van der Waals surface area (Å²) in [5, 5.41) is 0.765. The number of anilines is 1. The van der Waals surface area contributed by atoms with Crippen LogP contribution in [0.25, 0.3) is 0 Å². The molecule has 0 unspecified atom stereocenters. The molecule has 1 heterocycles. The van der Waals surface area contributed by atoms with Crippen molar-refractivity contribution in [3.05, 3.63) is 63.6 Å². The van der Waals surface area contributed by atoms with Crippen LogP contribution in [-0.2, 0) is 20.9 Å². The number of benzene rings is 2. The highest BCUT2D eigenvalue weighted by Crippen LogP contribution is 2.28. The van der Waals surface area contributed by atoms with Crippen molar-refractivity contribution in [2.45, 2.75) is 6.61 Å². The maximum Gasteiger partial charge on any atom is 0.326 e. The Morgan fingerprint density at radius 1 is 1.00 bits per heavy atom. The third-order valence-corrected chi connectivity index (χ3v) is 4.31. The molecule has 0 aliphatic carbocycles. The minimum absolute atomic E-state index is 0.116. The summed E-state index contributed by atoms with van der Waals surface area (Å²) in [7, 11) is 0. The molecule has 24 heavy (non-hydrogen) atoms. The van der Waals surface area contributed by atoms with E-state index in [9.17, 15) is 14.4 Å². The van der Waals surface area contributed by atoms with Crippen LogP contribution in [0.1, 0.15) is 15.9 Å². The Bertz CT molecular complexity index is 830. The molecule has 0 fully saturated rings. The maximum atomic E-state index is 12.0. The molecule has 2 aromatic rings. The second kappa shape index (κ2) is 6.63. The molecule has 0 radical (unpaired) electrons. The number of amides is 1. The Morgan fingerprint density at radius 2 is 1.67 bits per heavy atom. The minimum Gasteiger partial charge on any atom is -0.459 e. The summed E-state index contributed by atoms with van der Waals surface area (Å²) >= 11 is 12.0. The van der Waals surface area contributed by atoms with E-state index in [0.29, 0.717) is 21.3 Å². The molecular weight excluding hydrogens is 353 g/mol. The van der Waals surface area contributed by atoms with Crippen LogP contribution in [0.15, 0.2) is 42.5 Å². The van der Waals surface area contributed by atoms with Gasteiger partial charge in [-0.1, -0.05) is 41.4 Å². The van der Waals surface area contributed by atoms with Crippen LogP contribution < -0.4 is 4.90 Å². The largest absolute Gasteiger partial charge is 0.459 e. The van der Waals surface area contributed by atoms with Gasteiger partial charge in [0, 0.05) is 15.6 Å². The molecule has 1 aliphatic heterocycles. The van der Waals surface area contributed by atoms with Crippen LogP contribution in [0.2, 0.25) is 10.0 Å². The number of Topliss-reactive ketones (excluding diaryl/α,β-unsaturated/α-hetero) is 1. The average molecular weight is 364 g/mol. The summed E-state index contributed by atoms with van der Waals surface area (Å²) in [5.41, 5.74) is 1.17. The smallest absolute Gasteiger partial charge is 0.326 e. The van der Waals surface area contributed by atoms with E-state index in [1.54, 1.807) is 42.5 Å². The Kier molecular flexibility index (Phi) is 4.55. The third kappa shape index (κ3) is 3.00. The number of nitrogens with zero attached hydrogens (tertiary/aromatic N) is 1. The lowest BCUT2D eigenvalue weighted by Crippen LogP contribution is -2.35. The zero-order valence-corrected chi connectivity index (χ0v) is 13.8. The second-order valence-electron chi connectivity index (χ2n) is 5.10. The first-order chi connectivity index (χ1) is 11.5. The first kappa shape index (κ1) is 16.5. The number of ether oxygens (including phenoxy) is 1. The summed E-state index contributed by atoms with van der Waals surface area (Å²) in [5.74, 6) is -2.04. The number of esters is 1. The number of rotatable bonds is 4. The topological polar surface area (TPSA) is 63.7 Å². The fourth-order valence-corrected chi connectivity index (χ4v) is 2.91. The number of hydrogen-bond donors (Lipinski definition) is 0. The van der Waals surface area contributed by atoms with Gasteiger partial charge < -0.3 is 4.74 Å². The number of carbonyl (C=O) groups is 3. The van der Waals surface area contributed by atoms with E-state index in [2.05, 4.69) is 0 Å². The molecule has 0 saturated heterocycles. The predicted molar refractivity (Wildman–Crippen MR) is 89.4 cm³/mol. The molecule has 0 saturated carbocycles. The first-order valence-corrected chi connectivity index (χ1v) is 7.78. The zero-order valence-electron chi connectivity index (χ0n) is 12.3. The summed E-state index contributed by atoms with van der Waals surface area (Å²) in [4.78, 5) is 37.0. The Balaban J connectivity index is 1.70. The maximum absolute atomic E-state index is 12.0. The molecule has 7 heteroatoms. The van der Waals surface area contributed by atoms with E-state index < -0.39 is 17.7 Å². The Morgan fingerprint density at radius 3 is 2.38 bits per heavy atom. The highest BCUT2D eigenvalue weighted by molar-refractivity contribution is 6.52. The quantitative estimate of drug-likeness (QED) is 0.617. The van der Waals surface area contributed by atoms with Gasteiger partial charge in [0.1, 0.15) is 13.2 Å². The summed E-state index contributed by atoms with van der Waals surface area (Å²) in [6, 6.07) is 11.4. The van der Waals surface area contributed by atoms with Gasteiger partial charge in [0.05, 0.1) is 11.3 Å². The van der Waals surface area contributed by atoms with Gasteiger partial charge in [0.2, 0.25) is 0 Å². The van der Waals surface area contributed by atoms with Gasteiger partial charge in [-0.15, -0.1) is 0 Å². The van der Waals surface area contributed by atoms with Crippen molar-refractivity contribution < 1.29 is 19.1 Å². The average Bonchev–Trinajstić information content (AvgIpc) is 2.80. The van der Waals surface area contributed by atoms with Crippen molar-refractivity contribution in [3.63, 3.8) is 0 Å². The number of ketones is 1. The molecule has 0 spiro atoms. The van der Waals surface area contributed by atoms with E-state index in [0.717, 1.165) is 4.90 Å². The lowest BCUT2D eigenvalue weighted by molar-refractivity contribution is -0.143. The number of para-hydroxylation sites is 1. The molecule has 1 amide bonds. The van der Waals surface area contributed by atoms with Crippen molar-refractivity contribution in [2.24, 2.45) is 0 Å². The molecule has 0 atom stereocenters. The van der Waals surface area contributed by atoms with E-state index in [1.807, 2.05) is 0 Å². The van der Waals surface area contributed by atoms with Crippen LogP contribution in [0.3, 0.4) is 0 Å². The molecule has 0 N–H and O–H groups in total.